The molecule has 0 aliphatic carbocycles. The third-order valence-corrected chi connectivity index (χ3v) is 8.12. The average Bonchev–Trinajstić information content (AvgIpc) is 2.87. The monoisotopic (exact) mass is 520 g/mol. The first-order valence-electron chi connectivity index (χ1n) is 11.2. The molecule has 2 aromatic carbocycles. The summed E-state index contributed by atoms with van der Waals surface area (Å²) in [4.78, 5) is 29.5. The SMILES string of the molecule is O=C(O)C1CCN(C(=O)/C=C/c2ccc(Sc3cccc(N4CCOCC4)c3)c(Cl)c2Cl)CC1. The lowest BCUT2D eigenvalue weighted by Gasteiger charge is -2.29. The van der Waals surface area contributed by atoms with E-state index in [0.717, 1.165) is 41.8 Å². The van der Waals surface area contributed by atoms with E-state index in [4.69, 9.17) is 33.0 Å². The topological polar surface area (TPSA) is 70.1 Å². The predicted octanol–water partition coefficient (Wildman–Crippen LogP) is 5.32. The van der Waals surface area contributed by atoms with E-state index in [1.807, 2.05) is 24.3 Å². The molecule has 0 atom stereocenters. The van der Waals surface area contributed by atoms with Crippen molar-refractivity contribution in [2.75, 3.05) is 44.3 Å². The molecule has 0 spiro atoms. The van der Waals surface area contributed by atoms with Crippen molar-refractivity contribution in [3.63, 3.8) is 0 Å². The molecule has 6 nitrogen and oxygen atoms in total. The largest absolute Gasteiger partial charge is 0.481 e. The molecule has 1 amide bonds. The Bertz CT molecular complexity index is 1080. The van der Waals surface area contributed by atoms with Crippen LogP contribution in [0.25, 0.3) is 6.08 Å². The van der Waals surface area contributed by atoms with E-state index in [2.05, 4.69) is 17.0 Å². The lowest BCUT2D eigenvalue weighted by molar-refractivity contribution is -0.144. The number of aliphatic carboxylic acids is 1. The van der Waals surface area contributed by atoms with Crippen LogP contribution < -0.4 is 4.90 Å². The fourth-order valence-electron chi connectivity index (χ4n) is 4.06. The minimum absolute atomic E-state index is 0.158. The molecule has 2 heterocycles. The number of carbonyl (C=O) groups excluding carboxylic acids is 1. The normalized spacial score (nSPS) is 17.4. The second-order valence-corrected chi connectivity index (χ2v) is 10.1. The van der Waals surface area contributed by atoms with Crippen LogP contribution in [0, 0.1) is 5.92 Å². The van der Waals surface area contributed by atoms with Crippen LogP contribution in [0.3, 0.4) is 0 Å². The van der Waals surface area contributed by atoms with E-state index in [1.54, 1.807) is 22.7 Å². The van der Waals surface area contributed by atoms with Gasteiger partial charge in [0.15, 0.2) is 0 Å². The van der Waals surface area contributed by atoms with Crippen LogP contribution in [-0.2, 0) is 14.3 Å². The van der Waals surface area contributed by atoms with Crippen LogP contribution in [0.2, 0.25) is 10.0 Å². The van der Waals surface area contributed by atoms with Crippen molar-refractivity contribution in [1.29, 1.82) is 0 Å². The zero-order chi connectivity index (χ0) is 24.1. The molecule has 4 rings (SSSR count). The molecular weight excluding hydrogens is 495 g/mol. The number of amides is 1. The van der Waals surface area contributed by atoms with Gasteiger partial charge >= 0.3 is 5.97 Å². The highest BCUT2D eigenvalue weighted by Gasteiger charge is 2.26. The molecule has 0 saturated carbocycles. The van der Waals surface area contributed by atoms with Crippen molar-refractivity contribution in [3.05, 3.63) is 58.1 Å². The lowest BCUT2D eigenvalue weighted by atomic mass is 9.97. The van der Waals surface area contributed by atoms with E-state index >= 15 is 0 Å². The van der Waals surface area contributed by atoms with Crippen molar-refractivity contribution in [2.24, 2.45) is 5.92 Å². The Balaban J connectivity index is 1.41. The summed E-state index contributed by atoms with van der Waals surface area (Å²) in [6.07, 6.45) is 4.07. The van der Waals surface area contributed by atoms with E-state index < -0.39 is 5.97 Å². The number of likely N-dealkylation sites (tertiary alicyclic amines) is 1. The van der Waals surface area contributed by atoms with Crippen molar-refractivity contribution in [2.45, 2.75) is 22.6 Å². The highest BCUT2D eigenvalue weighted by atomic mass is 35.5. The molecule has 0 unspecified atom stereocenters. The zero-order valence-corrected chi connectivity index (χ0v) is 20.9. The number of morpholine rings is 1. The maximum Gasteiger partial charge on any atom is 0.306 e. The third kappa shape index (κ3) is 6.08. The van der Waals surface area contributed by atoms with Crippen molar-refractivity contribution >= 4 is 58.6 Å². The number of ether oxygens (including phenoxy) is 1. The van der Waals surface area contributed by atoms with Crippen molar-refractivity contribution in [1.82, 2.24) is 4.90 Å². The van der Waals surface area contributed by atoms with Crippen molar-refractivity contribution in [3.8, 4) is 0 Å². The maximum atomic E-state index is 12.5. The van der Waals surface area contributed by atoms with Gasteiger partial charge in [-0.25, -0.2) is 0 Å². The first-order chi connectivity index (χ1) is 16.4. The Labute approximate surface area is 213 Å². The van der Waals surface area contributed by atoms with Gasteiger partial charge in [-0.3, -0.25) is 9.59 Å². The average molecular weight is 521 g/mol. The summed E-state index contributed by atoms with van der Waals surface area (Å²) in [7, 11) is 0. The number of benzene rings is 2. The third-order valence-electron chi connectivity index (χ3n) is 6.06. The molecular formula is C25H26Cl2N2O4S. The van der Waals surface area contributed by atoms with Gasteiger partial charge in [0.25, 0.3) is 0 Å². The van der Waals surface area contributed by atoms with Gasteiger partial charge in [0, 0.05) is 47.7 Å². The number of hydrogen-bond donors (Lipinski definition) is 1. The van der Waals surface area contributed by atoms with Crippen molar-refractivity contribution < 1.29 is 19.4 Å². The number of piperidine rings is 1. The minimum atomic E-state index is -0.796. The number of anilines is 1. The van der Waals surface area contributed by atoms with Gasteiger partial charge in [-0.1, -0.05) is 47.1 Å². The first-order valence-corrected chi connectivity index (χ1v) is 12.8. The summed E-state index contributed by atoms with van der Waals surface area (Å²) in [5, 5.41) is 9.95. The van der Waals surface area contributed by atoms with Gasteiger partial charge in [-0.05, 0) is 48.7 Å². The molecule has 1 N–H and O–H groups in total. The van der Waals surface area contributed by atoms with E-state index in [-0.39, 0.29) is 11.8 Å². The summed E-state index contributed by atoms with van der Waals surface area (Å²) in [5.41, 5.74) is 1.81. The Morgan fingerprint density at radius 2 is 1.76 bits per heavy atom. The molecule has 2 aliphatic heterocycles. The maximum absolute atomic E-state index is 12.5. The summed E-state index contributed by atoms with van der Waals surface area (Å²) < 4.78 is 5.44. The number of hydrogen-bond acceptors (Lipinski definition) is 5. The van der Waals surface area contributed by atoms with Gasteiger partial charge < -0.3 is 19.6 Å². The van der Waals surface area contributed by atoms with E-state index in [0.29, 0.717) is 41.5 Å². The van der Waals surface area contributed by atoms with Gasteiger partial charge in [0.2, 0.25) is 5.91 Å². The highest BCUT2D eigenvalue weighted by Crippen LogP contribution is 2.40. The number of rotatable bonds is 6. The second kappa shape index (κ2) is 11.5. The molecule has 2 aromatic rings. The smallest absolute Gasteiger partial charge is 0.306 e. The van der Waals surface area contributed by atoms with E-state index in [9.17, 15) is 9.59 Å². The molecule has 2 aliphatic rings. The van der Waals surface area contributed by atoms with E-state index in [1.165, 1.54) is 6.08 Å². The van der Waals surface area contributed by atoms with Gasteiger partial charge in [-0.15, -0.1) is 0 Å². The van der Waals surface area contributed by atoms with Crippen LogP contribution in [0.5, 0.6) is 0 Å². The minimum Gasteiger partial charge on any atom is -0.481 e. The zero-order valence-electron chi connectivity index (χ0n) is 18.6. The predicted molar refractivity (Wildman–Crippen MR) is 136 cm³/mol. The van der Waals surface area contributed by atoms with Crippen LogP contribution in [0.4, 0.5) is 5.69 Å². The quantitative estimate of drug-likeness (QED) is 0.520. The summed E-state index contributed by atoms with van der Waals surface area (Å²) in [6, 6.07) is 12.1. The summed E-state index contributed by atoms with van der Waals surface area (Å²) in [6.45, 7) is 4.09. The first kappa shape index (κ1) is 24.9. The number of carboxylic acids is 1. The Morgan fingerprint density at radius 3 is 2.47 bits per heavy atom. The molecule has 0 radical (unpaired) electrons. The van der Waals surface area contributed by atoms with Crippen LogP contribution in [0.1, 0.15) is 18.4 Å². The van der Waals surface area contributed by atoms with Crippen LogP contribution >= 0.6 is 35.0 Å². The standard InChI is InChI=1S/C25H26Cl2N2O4S/c26-23-17(5-7-22(30)29-10-8-18(9-11-29)25(31)32)4-6-21(24(23)27)34-20-3-1-2-19(16-20)28-12-14-33-15-13-28/h1-7,16,18H,8-15H2,(H,31,32)/b7-5+. The van der Waals surface area contributed by atoms with Gasteiger partial charge in [0.1, 0.15) is 0 Å². The number of carboxylic acid groups (broad SMARTS) is 1. The number of carbonyl (C=O) groups is 2. The highest BCUT2D eigenvalue weighted by molar-refractivity contribution is 7.99. The van der Waals surface area contributed by atoms with Crippen LogP contribution in [-0.4, -0.2) is 61.3 Å². The summed E-state index contributed by atoms with van der Waals surface area (Å²) in [5.74, 6) is -1.33. The number of halogens is 2. The fraction of sp³-hybridized carbons (Fsp3) is 0.360. The van der Waals surface area contributed by atoms with Gasteiger partial charge in [-0.2, -0.15) is 0 Å². The summed E-state index contributed by atoms with van der Waals surface area (Å²) >= 11 is 14.7. The molecule has 9 heteroatoms. The molecule has 34 heavy (non-hydrogen) atoms. The Morgan fingerprint density at radius 1 is 1.03 bits per heavy atom. The molecule has 2 saturated heterocycles. The number of nitrogens with zero attached hydrogens (tertiary/aromatic N) is 2. The molecule has 2 fully saturated rings. The second-order valence-electron chi connectivity index (χ2n) is 8.25. The molecule has 0 aromatic heterocycles. The Kier molecular flexibility index (Phi) is 8.42. The van der Waals surface area contributed by atoms with Gasteiger partial charge in [0.05, 0.1) is 29.2 Å². The Hall–Kier alpha value is -2.19. The molecule has 0 bridgehead atoms. The lowest BCUT2D eigenvalue weighted by Crippen LogP contribution is -2.39. The fourth-order valence-corrected chi connectivity index (χ4v) is 5.54. The molecule has 180 valence electrons. The van der Waals surface area contributed by atoms with Crippen LogP contribution in [0.15, 0.2) is 52.3 Å².